The molecule has 0 N–H and O–H groups in total. The van der Waals surface area contributed by atoms with Gasteiger partial charge in [0.2, 0.25) is 0 Å². The molecule has 0 aliphatic heterocycles. The minimum Gasteiger partial charge on any atom is -0.265 e. The van der Waals surface area contributed by atoms with E-state index in [9.17, 15) is 5.26 Å². The van der Waals surface area contributed by atoms with Gasteiger partial charge in [0.1, 0.15) is 0 Å². The smallest absolute Gasteiger partial charge is 0.0688 e. The lowest BCUT2D eigenvalue weighted by Gasteiger charge is -2.32. The maximum absolute atomic E-state index is 9.35. The van der Waals surface area contributed by atoms with E-state index in [0.29, 0.717) is 5.92 Å². The molecule has 0 amide bonds. The lowest BCUT2D eigenvalue weighted by molar-refractivity contribution is 0.214. The molecular formula is C15H23N3. The van der Waals surface area contributed by atoms with Crippen LogP contribution in [0.2, 0.25) is 0 Å². The summed E-state index contributed by atoms with van der Waals surface area (Å²) in [5.74, 6) is 0.842. The first kappa shape index (κ1) is 13.1. The average Bonchev–Trinajstić information content (AvgIpc) is 2.81. The average molecular weight is 245 g/mol. The van der Waals surface area contributed by atoms with E-state index in [1.807, 2.05) is 0 Å². The highest BCUT2D eigenvalue weighted by Gasteiger charge is 2.31. The van der Waals surface area contributed by atoms with E-state index in [1.165, 1.54) is 12.1 Å². The molecule has 1 aromatic heterocycles. The zero-order valence-corrected chi connectivity index (χ0v) is 11.7. The molecule has 0 bridgehead atoms. The molecule has 1 aliphatic rings. The Morgan fingerprint density at radius 3 is 2.78 bits per heavy atom. The Bertz CT molecular complexity index is 441. The minimum atomic E-state index is 0.135. The SMILES string of the molecule is CCc1cc(CC)n(C2CC(C)CCC2C#N)n1. The Morgan fingerprint density at radius 1 is 1.39 bits per heavy atom. The van der Waals surface area contributed by atoms with Crippen LogP contribution in [0.1, 0.15) is 57.5 Å². The highest BCUT2D eigenvalue weighted by Crippen LogP contribution is 2.37. The molecule has 3 heteroatoms. The standard InChI is InChI=1S/C15H23N3/c1-4-13-9-14(5-2)18(17-13)15-8-11(3)6-7-12(15)10-16/h9,11-12,15H,4-8H2,1-3H3. The molecule has 1 fully saturated rings. The van der Waals surface area contributed by atoms with Crippen LogP contribution in [0, 0.1) is 23.2 Å². The van der Waals surface area contributed by atoms with Crippen LogP contribution < -0.4 is 0 Å². The van der Waals surface area contributed by atoms with Crippen LogP contribution >= 0.6 is 0 Å². The largest absolute Gasteiger partial charge is 0.265 e. The molecule has 3 nitrogen and oxygen atoms in total. The molecule has 0 saturated heterocycles. The van der Waals surface area contributed by atoms with Crippen molar-refractivity contribution in [1.82, 2.24) is 9.78 Å². The van der Waals surface area contributed by atoms with E-state index in [1.54, 1.807) is 0 Å². The number of aromatic nitrogens is 2. The van der Waals surface area contributed by atoms with Crippen molar-refractivity contribution < 1.29 is 0 Å². The second kappa shape index (κ2) is 5.56. The van der Waals surface area contributed by atoms with Gasteiger partial charge in [-0.3, -0.25) is 4.68 Å². The second-order valence-electron chi connectivity index (χ2n) is 5.50. The Kier molecular flexibility index (Phi) is 4.06. The van der Waals surface area contributed by atoms with E-state index < -0.39 is 0 Å². The van der Waals surface area contributed by atoms with E-state index in [0.717, 1.165) is 31.4 Å². The van der Waals surface area contributed by atoms with Gasteiger partial charge in [-0.2, -0.15) is 10.4 Å². The van der Waals surface area contributed by atoms with E-state index in [4.69, 9.17) is 5.10 Å². The highest BCUT2D eigenvalue weighted by molar-refractivity contribution is 5.13. The van der Waals surface area contributed by atoms with Gasteiger partial charge in [0.15, 0.2) is 0 Å². The Hall–Kier alpha value is -1.30. The Labute approximate surface area is 110 Å². The second-order valence-corrected chi connectivity index (χ2v) is 5.50. The van der Waals surface area contributed by atoms with E-state index in [-0.39, 0.29) is 12.0 Å². The summed E-state index contributed by atoms with van der Waals surface area (Å²) < 4.78 is 2.16. The van der Waals surface area contributed by atoms with Crippen molar-refractivity contribution in [3.05, 3.63) is 17.5 Å². The lowest BCUT2D eigenvalue weighted by atomic mass is 9.79. The molecule has 1 saturated carbocycles. The van der Waals surface area contributed by atoms with Gasteiger partial charge in [0.05, 0.1) is 23.7 Å². The first-order valence-electron chi connectivity index (χ1n) is 7.16. The van der Waals surface area contributed by atoms with Gasteiger partial charge in [0, 0.05) is 5.69 Å². The fraction of sp³-hybridized carbons (Fsp3) is 0.733. The molecule has 0 radical (unpaired) electrons. The lowest BCUT2D eigenvalue weighted by Crippen LogP contribution is -2.27. The monoisotopic (exact) mass is 245 g/mol. The molecule has 1 aromatic rings. The van der Waals surface area contributed by atoms with Gasteiger partial charge >= 0.3 is 0 Å². The van der Waals surface area contributed by atoms with E-state index in [2.05, 4.69) is 37.6 Å². The van der Waals surface area contributed by atoms with Crippen LogP contribution in [0.5, 0.6) is 0 Å². The molecule has 3 unspecified atom stereocenters. The van der Waals surface area contributed by atoms with Crippen LogP contribution in [-0.4, -0.2) is 9.78 Å². The third-order valence-electron chi connectivity index (χ3n) is 4.15. The van der Waals surface area contributed by atoms with Gasteiger partial charge in [-0.05, 0) is 44.1 Å². The number of hydrogen-bond acceptors (Lipinski definition) is 2. The van der Waals surface area contributed by atoms with Gasteiger partial charge in [0.25, 0.3) is 0 Å². The van der Waals surface area contributed by atoms with Crippen molar-refractivity contribution in [2.45, 2.75) is 58.9 Å². The van der Waals surface area contributed by atoms with Crippen molar-refractivity contribution in [3.8, 4) is 6.07 Å². The predicted octanol–water partition coefficient (Wildman–Crippen LogP) is 3.51. The molecule has 0 aromatic carbocycles. The molecular weight excluding hydrogens is 222 g/mol. The molecule has 3 atom stereocenters. The first-order valence-corrected chi connectivity index (χ1v) is 7.16. The van der Waals surface area contributed by atoms with Crippen LogP contribution in [0.3, 0.4) is 0 Å². The fourth-order valence-electron chi connectivity index (χ4n) is 2.99. The highest BCUT2D eigenvalue weighted by atomic mass is 15.3. The number of nitriles is 1. The van der Waals surface area contributed by atoms with Crippen molar-refractivity contribution in [2.24, 2.45) is 11.8 Å². The number of nitrogens with zero attached hydrogens (tertiary/aromatic N) is 3. The van der Waals surface area contributed by atoms with Crippen molar-refractivity contribution in [3.63, 3.8) is 0 Å². The van der Waals surface area contributed by atoms with Gasteiger partial charge in [-0.15, -0.1) is 0 Å². The molecule has 98 valence electrons. The number of rotatable bonds is 3. The van der Waals surface area contributed by atoms with Crippen LogP contribution in [0.4, 0.5) is 0 Å². The summed E-state index contributed by atoms with van der Waals surface area (Å²) in [5, 5.41) is 14.1. The Morgan fingerprint density at radius 2 is 2.17 bits per heavy atom. The van der Waals surface area contributed by atoms with Crippen molar-refractivity contribution in [1.29, 1.82) is 5.26 Å². The van der Waals surface area contributed by atoms with Gasteiger partial charge < -0.3 is 0 Å². The van der Waals surface area contributed by atoms with Crippen LogP contribution in [0.25, 0.3) is 0 Å². The van der Waals surface area contributed by atoms with Gasteiger partial charge in [-0.1, -0.05) is 20.8 Å². The van der Waals surface area contributed by atoms with Crippen molar-refractivity contribution >= 4 is 0 Å². The molecule has 0 spiro atoms. The number of aryl methyl sites for hydroxylation is 2. The summed E-state index contributed by atoms with van der Waals surface area (Å²) in [6, 6.07) is 4.98. The third-order valence-corrected chi connectivity index (χ3v) is 4.15. The third kappa shape index (κ3) is 2.43. The summed E-state index contributed by atoms with van der Waals surface area (Å²) in [5.41, 5.74) is 2.44. The zero-order valence-electron chi connectivity index (χ0n) is 11.7. The molecule has 1 heterocycles. The summed E-state index contributed by atoms with van der Waals surface area (Å²) in [6.07, 6.45) is 5.26. The maximum atomic E-state index is 9.35. The first-order chi connectivity index (χ1) is 8.69. The topological polar surface area (TPSA) is 41.6 Å². The fourth-order valence-corrected chi connectivity index (χ4v) is 2.99. The Balaban J connectivity index is 2.32. The zero-order chi connectivity index (χ0) is 13.1. The molecule has 1 aliphatic carbocycles. The maximum Gasteiger partial charge on any atom is 0.0688 e. The minimum absolute atomic E-state index is 0.135. The summed E-state index contributed by atoms with van der Waals surface area (Å²) in [6.45, 7) is 6.59. The van der Waals surface area contributed by atoms with Crippen molar-refractivity contribution in [2.75, 3.05) is 0 Å². The normalized spacial score (nSPS) is 28.0. The number of hydrogen-bond donors (Lipinski definition) is 0. The summed E-state index contributed by atoms with van der Waals surface area (Å²) in [7, 11) is 0. The molecule has 2 rings (SSSR count). The molecule has 18 heavy (non-hydrogen) atoms. The van der Waals surface area contributed by atoms with E-state index >= 15 is 0 Å². The van der Waals surface area contributed by atoms with Crippen LogP contribution in [0.15, 0.2) is 6.07 Å². The summed E-state index contributed by atoms with van der Waals surface area (Å²) in [4.78, 5) is 0. The predicted molar refractivity (Wildman–Crippen MR) is 72.1 cm³/mol. The summed E-state index contributed by atoms with van der Waals surface area (Å²) >= 11 is 0. The van der Waals surface area contributed by atoms with Crippen LogP contribution in [-0.2, 0) is 12.8 Å². The quantitative estimate of drug-likeness (QED) is 0.817. The van der Waals surface area contributed by atoms with Gasteiger partial charge in [-0.25, -0.2) is 0 Å².